The topological polar surface area (TPSA) is 74.0 Å². The van der Waals surface area contributed by atoms with Gasteiger partial charge in [0.25, 0.3) is 0 Å². The molecule has 1 rings (SSSR count). The van der Waals surface area contributed by atoms with Gasteiger partial charge in [0.05, 0.1) is 12.0 Å². The minimum atomic E-state index is -0.965. The number of carboxylic acids is 1. The lowest BCUT2D eigenvalue weighted by Crippen LogP contribution is -2.01. The van der Waals surface area contributed by atoms with Gasteiger partial charge in [-0.15, -0.1) is 0 Å². The molecule has 0 amide bonds. The SMILES string of the molecule is N#Cc1cc(CC(=O)O)cnc1Cl. The van der Waals surface area contributed by atoms with Gasteiger partial charge < -0.3 is 5.11 Å². The fraction of sp³-hybridized carbons (Fsp3) is 0.125. The van der Waals surface area contributed by atoms with E-state index in [2.05, 4.69) is 4.98 Å². The minimum Gasteiger partial charge on any atom is -0.481 e. The van der Waals surface area contributed by atoms with E-state index in [4.69, 9.17) is 22.0 Å². The van der Waals surface area contributed by atoms with Crippen LogP contribution in [-0.2, 0) is 11.2 Å². The zero-order chi connectivity index (χ0) is 9.84. The van der Waals surface area contributed by atoms with Crippen molar-refractivity contribution in [2.45, 2.75) is 6.42 Å². The van der Waals surface area contributed by atoms with E-state index in [1.807, 2.05) is 6.07 Å². The van der Waals surface area contributed by atoms with E-state index in [1.165, 1.54) is 12.3 Å². The first-order valence-corrected chi connectivity index (χ1v) is 3.77. The van der Waals surface area contributed by atoms with Crippen molar-refractivity contribution < 1.29 is 9.90 Å². The van der Waals surface area contributed by atoms with Crippen molar-refractivity contribution in [3.63, 3.8) is 0 Å². The number of hydrogen-bond acceptors (Lipinski definition) is 3. The van der Waals surface area contributed by atoms with Crippen LogP contribution in [0.1, 0.15) is 11.1 Å². The Bertz CT molecular complexity index is 384. The van der Waals surface area contributed by atoms with E-state index in [0.717, 1.165) is 0 Å². The van der Waals surface area contributed by atoms with Gasteiger partial charge in [0, 0.05) is 6.20 Å². The number of halogens is 1. The molecule has 0 unspecified atom stereocenters. The average Bonchev–Trinajstić information content (AvgIpc) is 2.07. The summed E-state index contributed by atoms with van der Waals surface area (Å²) in [5.74, 6) is -0.965. The molecule has 0 aliphatic heterocycles. The Balaban J connectivity index is 3.01. The van der Waals surface area contributed by atoms with Gasteiger partial charge in [0.1, 0.15) is 11.2 Å². The molecule has 0 bridgehead atoms. The molecule has 5 heteroatoms. The number of aromatic nitrogens is 1. The quantitative estimate of drug-likeness (QED) is 0.722. The minimum absolute atomic E-state index is 0.0941. The molecule has 0 aliphatic rings. The van der Waals surface area contributed by atoms with Crippen molar-refractivity contribution in [1.29, 1.82) is 5.26 Å². The fourth-order valence-electron chi connectivity index (χ4n) is 0.841. The standard InChI is InChI=1S/C8H5ClN2O2/c9-8-6(3-10)1-5(4-11-8)2-7(12)13/h1,4H,2H2,(H,12,13). The second-order valence-corrected chi connectivity index (χ2v) is 2.72. The number of nitriles is 1. The van der Waals surface area contributed by atoms with Crippen LogP contribution in [0.2, 0.25) is 5.15 Å². The van der Waals surface area contributed by atoms with Gasteiger partial charge in [-0.05, 0) is 11.6 Å². The third-order valence-electron chi connectivity index (χ3n) is 1.37. The van der Waals surface area contributed by atoms with E-state index in [9.17, 15) is 4.79 Å². The molecule has 0 spiro atoms. The van der Waals surface area contributed by atoms with Crippen LogP contribution >= 0.6 is 11.6 Å². The highest BCUT2D eigenvalue weighted by Crippen LogP contribution is 2.13. The van der Waals surface area contributed by atoms with Crippen molar-refractivity contribution in [2.24, 2.45) is 0 Å². The molecule has 1 heterocycles. The largest absolute Gasteiger partial charge is 0.481 e. The third-order valence-corrected chi connectivity index (χ3v) is 1.67. The number of aliphatic carboxylic acids is 1. The summed E-state index contributed by atoms with van der Waals surface area (Å²) in [6, 6.07) is 3.24. The lowest BCUT2D eigenvalue weighted by atomic mass is 10.1. The molecular weight excluding hydrogens is 192 g/mol. The van der Waals surface area contributed by atoms with Gasteiger partial charge in [0.2, 0.25) is 0 Å². The summed E-state index contributed by atoms with van der Waals surface area (Å²) in [4.78, 5) is 14.0. The highest BCUT2D eigenvalue weighted by Gasteiger charge is 2.05. The Morgan fingerprint density at radius 2 is 2.46 bits per heavy atom. The Kier molecular flexibility index (Phi) is 2.83. The molecule has 1 aromatic rings. The van der Waals surface area contributed by atoms with Crippen LogP contribution in [0.4, 0.5) is 0 Å². The first-order valence-electron chi connectivity index (χ1n) is 3.40. The first kappa shape index (κ1) is 9.49. The van der Waals surface area contributed by atoms with Crippen LogP contribution in [0.25, 0.3) is 0 Å². The molecule has 0 saturated carbocycles. The van der Waals surface area contributed by atoms with Crippen molar-refractivity contribution in [3.05, 3.63) is 28.5 Å². The molecule has 13 heavy (non-hydrogen) atoms. The highest BCUT2D eigenvalue weighted by molar-refractivity contribution is 6.30. The van der Waals surface area contributed by atoms with Crippen LogP contribution in [0.15, 0.2) is 12.3 Å². The predicted octanol–water partition coefficient (Wildman–Crippen LogP) is 1.23. The second-order valence-electron chi connectivity index (χ2n) is 2.36. The van der Waals surface area contributed by atoms with E-state index >= 15 is 0 Å². The van der Waals surface area contributed by atoms with Crippen LogP contribution in [0.5, 0.6) is 0 Å². The number of rotatable bonds is 2. The molecule has 0 saturated heterocycles. The summed E-state index contributed by atoms with van der Waals surface area (Å²) in [7, 11) is 0. The van der Waals surface area contributed by atoms with E-state index in [-0.39, 0.29) is 17.1 Å². The van der Waals surface area contributed by atoms with Gasteiger partial charge in [-0.25, -0.2) is 4.98 Å². The number of hydrogen-bond donors (Lipinski definition) is 1. The number of carbonyl (C=O) groups is 1. The van der Waals surface area contributed by atoms with Crippen LogP contribution in [-0.4, -0.2) is 16.1 Å². The molecule has 0 radical (unpaired) electrons. The first-order chi connectivity index (χ1) is 6.13. The molecule has 0 aliphatic carbocycles. The number of carboxylic acid groups (broad SMARTS) is 1. The van der Waals surface area contributed by atoms with Crippen molar-refractivity contribution in [1.82, 2.24) is 4.98 Å². The zero-order valence-corrected chi connectivity index (χ0v) is 7.25. The van der Waals surface area contributed by atoms with Gasteiger partial charge in [0.15, 0.2) is 0 Å². The van der Waals surface area contributed by atoms with Crippen LogP contribution < -0.4 is 0 Å². The monoisotopic (exact) mass is 196 g/mol. The molecule has 1 aromatic heterocycles. The summed E-state index contributed by atoms with van der Waals surface area (Å²) >= 11 is 5.55. The maximum atomic E-state index is 10.3. The van der Waals surface area contributed by atoms with Crippen molar-refractivity contribution in [2.75, 3.05) is 0 Å². The third kappa shape index (κ3) is 2.42. The van der Waals surface area contributed by atoms with Crippen LogP contribution in [0.3, 0.4) is 0 Å². The van der Waals surface area contributed by atoms with Crippen molar-refractivity contribution in [3.8, 4) is 6.07 Å². The normalized spacial score (nSPS) is 9.23. The zero-order valence-electron chi connectivity index (χ0n) is 6.49. The molecule has 66 valence electrons. The lowest BCUT2D eigenvalue weighted by Gasteiger charge is -1.97. The summed E-state index contributed by atoms with van der Waals surface area (Å²) in [6.45, 7) is 0. The lowest BCUT2D eigenvalue weighted by molar-refractivity contribution is -0.136. The number of pyridine rings is 1. The number of nitrogens with zero attached hydrogens (tertiary/aromatic N) is 2. The van der Waals surface area contributed by atoms with E-state index in [1.54, 1.807) is 0 Å². The maximum Gasteiger partial charge on any atom is 0.307 e. The average molecular weight is 197 g/mol. The molecule has 0 atom stereocenters. The Hall–Kier alpha value is -1.60. The maximum absolute atomic E-state index is 10.3. The fourth-order valence-corrected chi connectivity index (χ4v) is 0.987. The highest BCUT2D eigenvalue weighted by atomic mass is 35.5. The molecule has 1 N–H and O–H groups in total. The molecule has 4 nitrogen and oxygen atoms in total. The Morgan fingerprint density at radius 1 is 1.77 bits per heavy atom. The van der Waals surface area contributed by atoms with E-state index in [0.29, 0.717) is 5.56 Å². The summed E-state index contributed by atoms with van der Waals surface area (Å²) in [5.41, 5.74) is 0.661. The van der Waals surface area contributed by atoms with Crippen LogP contribution in [0, 0.1) is 11.3 Å². The summed E-state index contributed by atoms with van der Waals surface area (Å²) in [5, 5.41) is 17.1. The smallest absolute Gasteiger partial charge is 0.307 e. The molecule has 0 aromatic carbocycles. The van der Waals surface area contributed by atoms with E-state index < -0.39 is 5.97 Å². The van der Waals surface area contributed by atoms with Gasteiger partial charge >= 0.3 is 5.97 Å². The summed E-state index contributed by atoms with van der Waals surface area (Å²) < 4.78 is 0. The Morgan fingerprint density at radius 3 is 3.00 bits per heavy atom. The molecular formula is C8H5ClN2O2. The predicted molar refractivity (Wildman–Crippen MR) is 45.3 cm³/mol. The van der Waals surface area contributed by atoms with Gasteiger partial charge in [-0.2, -0.15) is 5.26 Å². The summed E-state index contributed by atoms with van der Waals surface area (Å²) in [6.07, 6.45) is 1.19. The van der Waals surface area contributed by atoms with Gasteiger partial charge in [-0.3, -0.25) is 4.79 Å². The Labute approximate surface area is 79.4 Å². The van der Waals surface area contributed by atoms with Crippen molar-refractivity contribution >= 4 is 17.6 Å². The second kappa shape index (κ2) is 3.87. The molecule has 0 fully saturated rings. The van der Waals surface area contributed by atoms with Gasteiger partial charge in [-0.1, -0.05) is 11.6 Å².